The number of nitrogens with zero attached hydrogens (tertiary/aromatic N) is 1. The molecule has 0 bridgehead atoms. The van der Waals surface area contributed by atoms with Crippen LogP contribution in [0.3, 0.4) is 0 Å². The molecule has 1 N–H and O–H groups in total. The number of halogens is 2. The van der Waals surface area contributed by atoms with Crippen molar-refractivity contribution in [3.8, 4) is 0 Å². The molecule has 0 saturated carbocycles. The van der Waals surface area contributed by atoms with Gasteiger partial charge in [-0.3, -0.25) is 10.1 Å². The molecule has 0 unspecified atom stereocenters. The first-order valence-electron chi connectivity index (χ1n) is 7.27. The highest BCUT2D eigenvalue weighted by atomic mass is 35.5. The summed E-state index contributed by atoms with van der Waals surface area (Å²) in [5, 5.41) is 3.41. The van der Waals surface area contributed by atoms with E-state index in [9.17, 15) is 4.79 Å². The Morgan fingerprint density at radius 1 is 1.23 bits per heavy atom. The van der Waals surface area contributed by atoms with E-state index in [1.54, 1.807) is 12.1 Å². The number of benzene rings is 1. The second-order valence-corrected chi connectivity index (χ2v) is 6.43. The van der Waals surface area contributed by atoms with Crippen LogP contribution in [0.5, 0.6) is 0 Å². The van der Waals surface area contributed by atoms with Crippen LogP contribution in [0.25, 0.3) is 0 Å². The first-order valence-corrected chi connectivity index (χ1v) is 8.02. The van der Waals surface area contributed by atoms with Crippen molar-refractivity contribution in [1.82, 2.24) is 5.32 Å². The van der Waals surface area contributed by atoms with Crippen LogP contribution in [-0.4, -0.2) is 24.6 Å². The molecule has 0 aromatic heterocycles. The zero-order chi connectivity index (χ0) is 16.7. The number of nitrogens with one attached hydrogen (secondary N) is 1. The van der Waals surface area contributed by atoms with Gasteiger partial charge < -0.3 is 4.74 Å². The number of amides is 1. The summed E-state index contributed by atoms with van der Waals surface area (Å²) < 4.78 is 5.54. The molecule has 1 aromatic carbocycles. The zero-order valence-corrected chi connectivity index (χ0v) is 14.8. The van der Waals surface area contributed by atoms with Crippen molar-refractivity contribution in [2.45, 2.75) is 40.2 Å². The molecule has 0 radical (unpaired) electrons. The minimum atomic E-state index is -0.331. The number of carbonyl (C=O) groups excluding carboxylic acids is 1. The van der Waals surface area contributed by atoms with E-state index >= 15 is 0 Å². The maximum Gasteiger partial charge on any atom is 0.291 e. The lowest BCUT2D eigenvalue weighted by molar-refractivity contribution is 0.0959. The predicted molar refractivity (Wildman–Crippen MR) is 91.9 cm³/mol. The number of aliphatic imine (C=N–C) groups is 1. The third-order valence-corrected chi connectivity index (χ3v) is 3.45. The standard InChI is InChI=1S/C16H22Cl2N2O2/c1-10(2)7-8-19-16(22-11(3)4)20-15(21)12-5-6-13(17)14(18)9-12/h5-6,9-11H,7-8H2,1-4H3,(H,19,20,21). The van der Waals surface area contributed by atoms with Gasteiger partial charge in [0.25, 0.3) is 11.9 Å². The summed E-state index contributed by atoms with van der Waals surface area (Å²) in [6, 6.07) is 4.93. The lowest BCUT2D eigenvalue weighted by atomic mass is 10.1. The molecular formula is C16H22Cl2N2O2. The molecule has 1 aromatic rings. The van der Waals surface area contributed by atoms with E-state index in [2.05, 4.69) is 24.2 Å². The van der Waals surface area contributed by atoms with Crippen LogP contribution < -0.4 is 5.32 Å². The van der Waals surface area contributed by atoms with Crippen molar-refractivity contribution in [1.29, 1.82) is 0 Å². The average molecular weight is 345 g/mol. The number of rotatable bonds is 5. The molecule has 122 valence electrons. The molecule has 4 nitrogen and oxygen atoms in total. The molecule has 22 heavy (non-hydrogen) atoms. The fraction of sp³-hybridized carbons (Fsp3) is 0.500. The molecule has 0 saturated heterocycles. The molecule has 1 rings (SSSR count). The molecule has 0 aliphatic carbocycles. The van der Waals surface area contributed by atoms with Crippen molar-refractivity contribution in [3.63, 3.8) is 0 Å². The quantitative estimate of drug-likeness (QED) is 0.629. The van der Waals surface area contributed by atoms with Crippen molar-refractivity contribution in [2.75, 3.05) is 6.54 Å². The first-order chi connectivity index (χ1) is 10.3. The molecule has 6 heteroatoms. The van der Waals surface area contributed by atoms with Gasteiger partial charge in [-0.25, -0.2) is 4.99 Å². The third kappa shape index (κ3) is 6.67. The number of amidine groups is 1. The van der Waals surface area contributed by atoms with Crippen LogP contribution in [0.4, 0.5) is 0 Å². The fourth-order valence-corrected chi connectivity index (χ4v) is 1.86. The maximum atomic E-state index is 12.2. The molecular weight excluding hydrogens is 323 g/mol. The second kappa shape index (κ2) is 9.01. The summed E-state index contributed by atoms with van der Waals surface area (Å²) in [7, 11) is 0. The molecule has 0 fully saturated rings. The van der Waals surface area contributed by atoms with Gasteiger partial charge in [0.15, 0.2) is 0 Å². The van der Waals surface area contributed by atoms with Crippen molar-refractivity contribution in [3.05, 3.63) is 33.8 Å². The van der Waals surface area contributed by atoms with Crippen molar-refractivity contribution in [2.24, 2.45) is 10.9 Å². The van der Waals surface area contributed by atoms with Crippen molar-refractivity contribution >= 4 is 35.1 Å². The average Bonchev–Trinajstić information content (AvgIpc) is 2.40. The largest absolute Gasteiger partial charge is 0.462 e. The predicted octanol–water partition coefficient (Wildman–Crippen LogP) is 4.55. The van der Waals surface area contributed by atoms with Gasteiger partial charge in [0.1, 0.15) is 0 Å². The normalized spacial score (nSPS) is 11.9. The minimum absolute atomic E-state index is 0.0769. The van der Waals surface area contributed by atoms with Gasteiger partial charge in [-0.1, -0.05) is 37.0 Å². The fourth-order valence-electron chi connectivity index (χ4n) is 1.56. The summed E-state index contributed by atoms with van der Waals surface area (Å²) in [4.78, 5) is 16.5. The Morgan fingerprint density at radius 3 is 2.45 bits per heavy atom. The van der Waals surface area contributed by atoms with E-state index in [0.717, 1.165) is 6.42 Å². The van der Waals surface area contributed by atoms with E-state index in [1.165, 1.54) is 6.07 Å². The van der Waals surface area contributed by atoms with Gasteiger partial charge in [-0.2, -0.15) is 0 Å². The van der Waals surface area contributed by atoms with Crippen LogP contribution >= 0.6 is 23.2 Å². The van der Waals surface area contributed by atoms with Gasteiger partial charge in [0, 0.05) is 12.1 Å². The highest BCUT2D eigenvalue weighted by Gasteiger charge is 2.12. The van der Waals surface area contributed by atoms with E-state index in [1.807, 2.05) is 13.8 Å². The zero-order valence-electron chi connectivity index (χ0n) is 13.3. The number of ether oxygens (including phenoxy) is 1. The van der Waals surface area contributed by atoms with Gasteiger partial charge in [-0.15, -0.1) is 0 Å². The van der Waals surface area contributed by atoms with Crippen LogP contribution in [-0.2, 0) is 4.74 Å². The number of hydrogen-bond donors (Lipinski definition) is 1. The van der Waals surface area contributed by atoms with E-state index in [4.69, 9.17) is 27.9 Å². The minimum Gasteiger partial charge on any atom is -0.462 e. The second-order valence-electron chi connectivity index (χ2n) is 5.62. The Balaban J connectivity index is 2.78. The molecule has 0 aliphatic heterocycles. The lowest BCUT2D eigenvalue weighted by Crippen LogP contribution is -2.34. The monoisotopic (exact) mass is 344 g/mol. The molecule has 0 aliphatic rings. The van der Waals surface area contributed by atoms with Gasteiger partial charge >= 0.3 is 0 Å². The van der Waals surface area contributed by atoms with Crippen LogP contribution in [0.15, 0.2) is 23.2 Å². The highest BCUT2D eigenvalue weighted by molar-refractivity contribution is 6.42. The topological polar surface area (TPSA) is 50.7 Å². The van der Waals surface area contributed by atoms with E-state index < -0.39 is 0 Å². The Morgan fingerprint density at radius 2 is 1.91 bits per heavy atom. The Bertz CT molecular complexity index is 543. The summed E-state index contributed by atoms with van der Waals surface area (Å²) in [5.74, 6) is 0.206. The Labute approximate surface area is 141 Å². The molecule has 0 atom stereocenters. The van der Waals surface area contributed by atoms with Crippen LogP contribution in [0.1, 0.15) is 44.5 Å². The highest BCUT2D eigenvalue weighted by Crippen LogP contribution is 2.22. The summed E-state index contributed by atoms with van der Waals surface area (Å²) in [5.41, 5.74) is 0.401. The number of carbonyl (C=O) groups is 1. The SMILES string of the molecule is CC(C)CCN=C(NC(=O)c1ccc(Cl)c(Cl)c1)OC(C)C. The lowest BCUT2D eigenvalue weighted by Gasteiger charge is -2.14. The van der Waals surface area contributed by atoms with E-state index in [0.29, 0.717) is 28.1 Å². The molecule has 0 heterocycles. The smallest absolute Gasteiger partial charge is 0.291 e. The number of hydrogen-bond acceptors (Lipinski definition) is 3. The van der Waals surface area contributed by atoms with Crippen LogP contribution in [0, 0.1) is 5.92 Å². The molecule has 0 spiro atoms. The van der Waals surface area contributed by atoms with Crippen molar-refractivity contribution < 1.29 is 9.53 Å². The summed E-state index contributed by atoms with van der Waals surface area (Å²) in [6.07, 6.45) is 0.847. The van der Waals surface area contributed by atoms with E-state index in [-0.39, 0.29) is 18.0 Å². The first kappa shape index (κ1) is 18.8. The molecule has 1 amide bonds. The maximum absolute atomic E-state index is 12.2. The van der Waals surface area contributed by atoms with Gasteiger partial charge in [0.2, 0.25) is 0 Å². The summed E-state index contributed by atoms with van der Waals surface area (Å²) >= 11 is 11.8. The van der Waals surface area contributed by atoms with Gasteiger partial charge in [0.05, 0.1) is 16.1 Å². The third-order valence-electron chi connectivity index (χ3n) is 2.71. The Hall–Kier alpha value is -1.26. The Kier molecular flexibility index (Phi) is 7.69. The summed E-state index contributed by atoms with van der Waals surface area (Å²) in [6.45, 7) is 8.59. The van der Waals surface area contributed by atoms with Gasteiger partial charge in [-0.05, 0) is 44.4 Å². The van der Waals surface area contributed by atoms with Crippen LogP contribution in [0.2, 0.25) is 10.0 Å².